The number of hydrogen-bond donors (Lipinski definition) is 4. The first-order valence-corrected chi connectivity index (χ1v) is 21.5. The quantitative estimate of drug-likeness (QED) is 0.0156. The van der Waals surface area contributed by atoms with Crippen molar-refractivity contribution in [2.24, 2.45) is 5.73 Å². The van der Waals surface area contributed by atoms with Gasteiger partial charge in [0.2, 0.25) is 0 Å². The van der Waals surface area contributed by atoms with Gasteiger partial charge in [-0.2, -0.15) is 0 Å². The number of allylic oxidation sites excluding steroid dienone is 16. The highest BCUT2D eigenvalue weighted by atomic mass is 31.2. The minimum absolute atomic E-state index is 0.0485. The van der Waals surface area contributed by atoms with E-state index in [4.69, 9.17) is 24.8 Å². The molecule has 0 saturated heterocycles. The van der Waals surface area contributed by atoms with Crippen molar-refractivity contribution in [3.8, 4) is 0 Å². The topological polar surface area (TPSA) is 192 Å². The number of hydrogen-bond acceptors (Lipinski definition) is 10. The molecule has 0 aromatic rings. The highest BCUT2D eigenvalue weighted by molar-refractivity contribution is 7.47. The summed E-state index contributed by atoms with van der Waals surface area (Å²) in [6.07, 6.45) is 45.1. The molecule has 2 unspecified atom stereocenters. The standard InChI is InChI=1S/C44H68NO11P/c1-3-5-7-8-9-10-11-12-13-14-18-21-24-27-30-34-42(47)53-36-40(37-54-57(51,52)55-38-41(45)44(49)50)56-43(48)35-31-28-25-22-19-16-15-17-20-23-26-29-33-39(46)32-6-4-2/h5-7,9-10,12-13,15-16,18,20-23,25-26,29,32,39-41,46H,3-4,8,11,14,17,19,24,27-28,30-31,33-38,45H2,1-2H3,(H,49,50)(H,51,52)/b7-5-,10-9-,13-12-,16-15-,21-18-,23-20-,25-22-,29-26+,32-6-/t39?,40-,41+/m1/s1. The molecule has 0 aliphatic rings. The molecule has 0 aromatic carbocycles. The van der Waals surface area contributed by atoms with Gasteiger partial charge in [-0.15, -0.1) is 0 Å². The minimum Gasteiger partial charge on any atom is -0.480 e. The zero-order valence-electron chi connectivity index (χ0n) is 34.0. The summed E-state index contributed by atoms with van der Waals surface area (Å²) in [6, 6.07) is -1.55. The van der Waals surface area contributed by atoms with Crippen molar-refractivity contribution in [1.29, 1.82) is 0 Å². The number of rotatable bonds is 35. The molecule has 0 radical (unpaired) electrons. The van der Waals surface area contributed by atoms with Crippen molar-refractivity contribution >= 4 is 25.7 Å². The van der Waals surface area contributed by atoms with Gasteiger partial charge < -0.3 is 30.3 Å². The predicted octanol–water partition coefficient (Wildman–Crippen LogP) is 9.24. The first kappa shape index (κ1) is 53.1. The molecule has 0 saturated carbocycles. The molecule has 13 heteroatoms. The molecule has 0 rings (SSSR count). The molecule has 0 spiro atoms. The van der Waals surface area contributed by atoms with Crippen LogP contribution in [-0.2, 0) is 37.5 Å². The maximum atomic E-state index is 12.6. The SMILES string of the molecule is CC/C=C\C/C=C\C/C=C\C/C=C\CCCCC(=O)OC[C@H](COP(=O)(O)OC[C@H](N)C(=O)O)OC(=O)CCC/C=C\C/C=C\C/C=C\C=C\CC(O)/C=C\CC. The average molecular weight is 818 g/mol. The van der Waals surface area contributed by atoms with Crippen LogP contribution < -0.4 is 5.73 Å². The Morgan fingerprint density at radius 1 is 0.632 bits per heavy atom. The summed E-state index contributed by atoms with van der Waals surface area (Å²) in [5.41, 5.74) is 5.31. The van der Waals surface area contributed by atoms with Gasteiger partial charge in [-0.05, 0) is 83.5 Å². The van der Waals surface area contributed by atoms with Gasteiger partial charge in [-0.25, -0.2) is 4.57 Å². The number of carboxylic acid groups (broad SMARTS) is 1. The summed E-state index contributed by atoms with van der Waals surface area (Å²) in [6.45, 7) is 2.30. The van der Waals surface area contributed by atoms with E-state index in [0.717, 1.165) is 57.8 Å². The van der Waals surface area contributed by atoms with E-state index in [0.29, 0.717) is 25.7 Å². The zero-order valence-corrected chi connectivity index (χ0v) is 34.9. The molecule has 0 aromatic heterocycles. The number of esters is 2. The van der Waals surface area contributed by atoms with Crippen molar-refractivity contribution in [3.05, 3.63) is 109 Å². The number of carbonyl (C=O) groups excluding carboxylic acids is 2. The monoisotopic (exact) mass is 817 g/mol. The third kappa shape index (κ3) is 37.4. The fourth-order valence-electron chi connectivity index (χ4n) is 4.46. The van der Waals surface area contributed by atoms with Gasteiger partial charge in [0, 0.05) is 12.8 Å². The lowest BCUT2D eigenvalue weighted by molar-refractivity contribution is -0.161. The van der Waals surface area contributed by atoms with Gasteiger partial charge in [-0.3, -0.25) is 23.4 Å². The normalized spacial score (nSPS) is 15.5. The Kier molecular flexibility index (Phi) is 35.1. The van der Waals surface area contributed by atoms with Gasteiger partial charge >= 0.3 is 25.7 Å². The van der Waals surface area contributed by atoms with E-state index >= 15 is 0 Å². The molecule has 57 heavy (non-hydrogen) atoms. The summed E-state index contributed by atoms with van der Waals surface area (Å²) < 4.78 is 32.5. The van der Waals surface area contributed by atoms with Crippen LogP contribution in [0.2, 0.25) is 0 Å². The Labute approximate surface area is 340 Å². The molecule has 0 amide bonds. The van der Waals surface area contributed by atoms with E-state index < -0.39 is 63.8 Å². The fourth-order valence-corrected chi connectivity index (χ4v) is 5.24. The van der Waals surface area contributed by atoms with Crippen LogP contribution in [-0.4, -0.2) is 71.1 Å². The largest absolute Gasteiger partial charge is 0.480 e. The van der Waals surface area contributed by atoms with E-state index in [1.807, 2.05) is 61.6 Å². The van der Waals surface area contributed by atoms with E-state index in [9.17, 15) is 28.9 Å². The molecule has 0 bridgehead atoms. The van der Waals surface area contributed by atoms with Gasteiger partial charge in [0.15, 0.2) is 6.10 Å². The number of carboxylic acids is 1. The lowest BCUT2D eigenvalue weighted by atomic mass is 10.2. The van der Waals surface area contributed by atoms with E-state index in [2.05, 4.69) is 60.1 Å². The average Bonchev–Trinajstić information content (AvgIpc) is 3.18. The van der Waals surface area contributed by atoms with Gasteiger partial charge in [0.1, 0.15) is 12.6 Å². The third-order valence-corrected chi connectivity index (χ3v) is 8.54. The van der Waals surface area contributed by atoms with E-state index in [1.165, 1.54) is 0 Å². The number of nitrogens with two attached hydrogens (primary N) is 1. The lowest BCUT2D eigenvalue weighted by Crippen LogP contribution is -2.34. The number of carbonyl (C=O) groups is 3. The van der Waals surface area contributed by atoms with Crippen molar-refractivity contribution in [2.75, 3.05) is 19.8 Å². The van der Waals surface area contributed by atoms with Crippen LogP contribution in [0.25, 0.3) is 0 Å². The molecule has 0 heterocycles. The van der Waals surface area contributed by atoms with Gasteiger partial charge in [-0.1, -0.05) is 123 Å². The fraction of sp³-hybridized carbons (Fsp3) is 0.523. The maximum absolute atomic E-state index is 12.6. The number of aliphatic hydroxyl groups is 1. The number of phosphoric acid groups is 1. The molecule has 320 valence electrons. The molecule has 12 nitrogen and oxygen atoms in total. The Morgan fingerprint density at radius 3 is 1.74 bits per heavy atom. The van der Waals surface area contributed by atoms with Crippen LogP contribution >= 0.6 is 7.82 Å². The third-order valence-electron chi connectivity index (χ3n) is 7.59. The van der Waals surface area contributed by atoms with Crippen LogP contribution in [0.1, 0.15) is 110 Å². The Hall–Kier alpha value is -3.90. The Morgan fingerprint density at radius 2 is 1.14 bits per heavy atom. The molecule has 5 N–H and O–H groups in total. The molecular weight excluding hydrogens is 749 g/mol. The van der Waals surface area contributed by atoms with Crippen molar-refractivity contribution in [1.82, 2.24) is 0 Å². The van der Waals surface area contributed by atoms with Crippen LogP contribution in [0.5, 0.6) is 0 Å². The summed E-state index contributed by atoms with van der Waals surface area (Å²) in [7, 11) is -4.76. The van der Waals surface area contributed by atoms with Crippen LogP contribution in [0.3, 0.4) is 0 Å². The first-order chi connectivity index (χ1) is 27.5. The maximum Gasteiger partial charge on any atom is 0.472 e. The van der Waals surface area contributed by atoms with Gasteiger partial charge in [0.05, 0.1) is 19.3 Å². The van der Waals surface area contributed by atoms with Crippen molar-refractivity contribution in [3.63, 3.8) is 0 Å². The van der Waals surface area contributed by atoms with Crippen LogP contribution in [0.15, 0.2) is 109 Å². The molecular formula is C44H68NO11P. The lowest BCUT2D eigenvalue weighted by Gasteiger charge is -2.20. The van der Waals surface area contributed by atoms with Crippen molar-refractivity contribution < 1.29 is 52.6 Å². The van der Waals surface area contributed by atoms with Crippen molar-refractivity contribution in [2.45, 2.75) is 128 Å². The first-order valence-electron chi connectivity index (χ1n) is 20.0. The number of aliphatic carboxylic acids is 1. The summed E-state index contributed by atoms with van der Waals surface area (Å²) in [4.78, 5) is 45.8. The molecule has 0 aliphatic heterocycles. The second-order valence-electron chi connectivity index (χ2n) is 12.8. The second kappa shape index (κ2) is 37.7. The highest BCUT2D eigenvalue weighted by Crippen LogP contribution is 2.43. The summed E-state index contributed by atoms with van der Waals surface area (Å²) in [5, 5.41) is 18.6. The summed E-state index contributed by atoms with van der Waals surface area (Å²) in [5.74, 6) is -2.56. The Balaban J connectivity index is 4.64. The van der Waals surface area contributed by atoms with E-state index in [-0.39, 0.29) is 12.8 Å². The number of phosphoric ester groups is 1. The molecule has 0 fully saturated rings. The highest BCUT2D eigenvalue weighted by Gasteiger charge is 2.28. The second-order valence-corrected chi connectivity index (χ2v) is 14.3. The number of ether oxygens (including phenoxy) is 2. The zero-order chi connectivity index (χ0) is 42.2. The summed E-state index contributed by atoms with van der Waals surface area (Å²) >= 11 is 0. The van der Waals surface area contributed by atoms with Crippen LogP contribution in [0.4, 0.5) is 0 Å². The number of aliphatic hydroxyl groups excluding tert-OH is 1. The predicted molar refractivity (Wildman–Crippen MR) is 227 cm³/mol. The van der Waals surface area contributed by atoms with E-state index in [1.54, 1.807) is 6.08 Å². The Bertz CT molecular complexity index is 1390. The smallest absolute Gasteiger partial charge is 0.472 e. The minimum atomic E-state index is -4.76. The van der Waals surface area contributed by atoms with Gasteiger partial charge in [0.25, 0.3) is 0 Å². The number of unbranched alkanes of at least 4 members (excludes halogenated alkanes) is 3. The molecule has 0 aliphatic carbocycles. The van der Waals surface area contributed by atoms with Crippen LogP contribution in [0, 0.1) is 0 Å². The molecule has 4 atom stereocenters.